The van der Waals surface area contributed by atoms with Gasteiger partial charge in [-0.2, -0.15) is 0 Å². The second-order valence-corrected chi connectivity index (χ2v) is 10.1. The molecule has 6 rings (SSSR count). The smallest absolute Gasteiger partial charge is 0.331 e. The van der Waals surface area contributed by atoms with Crippen LogP contribution in [0.5, 0.6) is 0 Å². The molecule has 0 radical (unpaired) electrons. The molecule has 0 atom stereocenters. The number of anilines is 2. The summed E-state index contributed by atoms with van der Waals surface area (Å²) in [5.41, 5.74) is 9.83. The summed E-state index contributed by atoms with van der Waals surface area (Å²) < 4.78 is 5.94. The Labute approximate surface area is 221 Å². The Kier molecular flexibility index (Phi) is 5.85. The van der Waals surface area contributed by atoms with Gasteiger partial charge in [-0.1, -0.05) is 28.1 Å². The molecule has 4 aromatic rings. The number of carbonyl (C=O) groups excluding carboxylic acids is 1. The van der Waals surface area contributed by atoms with Crippen LogP contribution < -0.4 is 10.6 Å². The van der Waals surface area contributed by atoms with E-state index in [4.69, 9.17) is 20.4 Å². The number of benzene rings is 1. The third-order valence-corrected chi connectivity index (χ3v) is 7.48. The van der Waals surface area contributed by atoms with E-state index >= 15 is 0 Å². The third kappa shape index (κ3) is 4.42. The lowest BCUT2D eigenvalue weighted by molar-refractivity contribution is -0.135. The van der Waals surface area contributed by atoms with E-state index in [1.807, 2.05) is 42.5 Å². The average molecular weight is 559 g/mol. The lowest BCUT2D eigenvalue weighted by Crippen LogP contribution is -2.46. The van der Waals surface area contributed by atoms with Crippen molar-refractivity contribution in [2.75, 3.05) is 30.3 Å². The summed E-state index contributed by atoms with van der Waals surface area (Å²) in [4.78, 5) is 31.6. The van der Waals surface area contributed by atoms with E-state index in [0.29, 0.717) is 48.4 Å². The molecule has 0 aliphatic carbocycles. The van der Waals surface area contributed by atoms with E-state index in [1.54, 1.807) is 6.20 Å². The first-order valence-electron chi connectivity index (χ1n) is 11.9. The fraction of sp³-hybridized carbons (Fsp3) is 0.222. The summed E-state index contributed by atoms with van der Waals surface area (Å²) >= 11 is 3.55. The van der Waals surface area contributed by atoms with E-state index in [-0.39, 0.29) is 12.6 Å². The molecule has 1 saturated heterocycles. The van der Waals surface area contributed by atoms with Gasteiger partial charge in [0.2, 0.25) is 0 Å². The number of aliphatic hydroxyl groups is 1. The number of halogens is 1. The minimum absolute atomic E-state index is 0.166. The molecule has 3 aromatic heterocycles. The monoisotopic (exact) mass is 558 g/mol. The standard InChI is InChI=1S/C27H23BrN6O3/c28-19-3-1-2-16(10-19)20-12-21(33-26-24(20)25(29)31-15-32-26)17-4-5-22(30-13-17)34-8-6-27(36,7-9-34)18-11-23(35)37-14-18/h1-5,10-13,15,36H,6-9,14H2,(H2,29,31,32,33). The largest absolute Gasteiger partial charge is 0.458 e. The fourth-order valence-electron chi connectivity index (χ4n) is 4.91. The molecule has 1 fully saturated rings. The molecule has 0 spiro atoms. The highest BCUT2D eigenvalue weighted by molar-refractivity contribution is 9.10. The highest BCUT2D eigenvalue weighted by atomic mass is 79.9. The molecular weight excluding hydrogens is 536 g/mol. The number of nitrogens with zero attached hydrogens (tertiary/aromatic N) is 5. The van der Waals surface area contributed by atoms with Crippen molar-refractivity contribution in [1.82, 2.24) is 19.9 Å². The van der Waals surface area contributed by atoms with Gasteiger partial charge in [0.15, 0.2) is 5.65 Å². The molecule has 37 heavy (non-hydrogen) atoms. The van der Waals surface area contributed by atoms with Crippen LogP contribution >= 0.6 is 15.9 Å². The number of piperidine rings is 1. The molecule has 3 N–H and O–H groups in total. The Hall–Kier alpha value is -3.89. The SMILES string of the molecule is Nc1ncnc2nc(-c3ccc(N4CCC(O)(C5=CC(=O)OC5)CC4)nc3)cc(-c3cccc(Br)c3)c12. The summed E-state index contributed by atoms with van der Waals surface area (Å²) in [7, 11) is 0. The van der Waals surface area contributed by atoms with Gasteiger partial charge in [0, 0.05) is 41.0 Å². The lowest BCUT2D eigenvalue weighted by atomic mass is 9.84. The number of pyridine rings is 2. The second-order valence-electron chi connectivity index (χ2n) is 9.22. The molecule has 5 heterocycles. The van der Waals surface area contributed by atoms with Crippen molar-refractivity contribution in [2.45, 2.75) is 18.4 Å². The molecular formula is C27H23BrN6O3. The number of rotatable bonds is 4. The Morgan fingerprint density at radius 2 is 1.89 bits per heavy atom. The minimum atomic E-state index is -1.01. The molecule has 186 valence electrons. The van der Waals surface area contributed by atoms with E-state index in [1.165, 1.54) is 12.4 Å². The van der Waals surface area contributed by atoms with Gasteiger partial charge in [-0.15, -0.1) is 0 Å². The molecule has 2 aliphatic heterocycles. The van der Waals surface area contributed by atoms with Crippen LogP contribution in [0.1, 0.15) is 12.8 Å². The van der Waals surface area contributed by atoms with Gasteiger partial charge in [0.05, 0.1) is 16.7 Å². The van der Waals surface area contributed by atoms with Gasteiger partial charge < -0.3 is 20.5 Å². The Morgan fingerprint density at radius 1 is 1.05 bits per heavy atom. The molecule has 0 bridgehead atoms. The van der Waals surface area contributed by atoms with Crippen LogP contribution in [0.3, 0.4) is 0 Å². The van der Waals surface area contributed by atoms with Crippen LogP contribution in [0.2, 0.25) is 0 Å². The van der Waals surface area contributed by atoms with Crippen molar-refractivity contribution < 1.29 is 14.6 Å². The number of aromatic nitrogens is 4. The molecule has 2 aliphatic rings. The number of cyclic esters (lactones) is 1. The van der Waals surface area contributed by atoms with Crippen LogP contribution in [0.25, 0.3) is 33.4 Å². The van der Waals surface area contributed by atoms with Crippen molar-refractivity contribution in [3.63, 3.8) is 0 Å². The van der Waals surface area contributed by atoms with Crippen molar-refractivity contribution in [2.24, 2.45) is 0 Å². The second kappa shape index (κ2) is 9.20. The van der Waals surface area contributed by atoms with Gasteiger partial charge in [-0.05, 0) is 54.3 Å². The number of hydrogen-bond acceptors (Lipinski definition) is 9. The van der Waals surface area contributed by atoms with Crippen LogP contribution in [0.15, 0.2) is 71.1 Å². The highest BCUT2D eigenvalue weighted by Gasteiger charge is 2.38. The zero-order valence-electron chi connectivity index (χ0n) is 19.8. The number of hydrogen-bond donors (Lipinski definition) is 2. The molecule has 9 nitrogen and oxygen atoms in total. The molecule has 0 unspecified atom stereocenters. The maximum Gasteiger partial charge on any atom is 0.331 e. The number of ether oxygens (including phenoxy) is 1. The van der Waals surface area contributed by atoms with Crippen molar-refractivity contribution in [1.29, 1.82) is 0 Å². The third-order valence-electron chi connectivity index (χ3n) is 6.99. The predicted molar refractivity (Wildman–Crippen MR) is 144 cm³/mol. The van der Waals surface area contributed by atoms with Crippen LogP contribution in [0, 0.1) is 0 Å². The number of nitrogen functional groups attached to an aromatic ring is 1. The molecule has 0 saturated carbocycles. The average Bonchev–Trinajstić information content (AvgIpc) is 3.36. The minimum Gasteiger partial charge on any atom is -0.458 e. The van der Waals surface area contributed by atoms with Crippen molar-refractivity contribution in [3.8, 4) is 22.4 Å². The quantitative estimate of drug-likeness (QED) is 0.358. The summed E-state index contributed by atoms with van der Waals surface area (Å²) in [5.74, 6) is 0.808. The Balaban J connectivity index is 1.29. The van der Waals surface area contributed by atoms with E-state index in [9.17, 15) is 9.90 Å². The van der Waals surface area contributed by atoms with E-state index in [0.717, 1.165) is 32.7 Å². The normalized spacial score (nSPS) is 17.1. The van der Waals surface area contributed by atoms with E-state index < -0.39 is 5.60 Å². The van der Waals surface area contributed by atoms with Crippen molar-refractivity contribution in [3.05, 3.63) is 71.1 Å². The maximum absolute atomic E-state index is 11.4. The van der Waals surface area contributed by atoms with Crippen LogP contribution in [-0.2, 0) is 9.53 Å². The van der Waals surface area contributed by atoms with Gasteiger partial charge in [0.1, 0.15) is 24.6 Å². The zero-order valence-corrected chi connectivity index (χ0v) is 21.4. The Bertz CT molecular complexity index is 1550. The summed E-state index contributed by atoms with van der Waals surface area (Å²) in [5, 5.41) is 11.7. The summed E-state index contributed by atoms with van der Waals surface area (Å²) in [6, 6.07) is 13.9. The van der Waals surface area contributed by atoms with Gasteiger partial charge in [0.25, 0.3) is 0 Å². The van der Waals surface area contributed by atoms with Gasteiger partial charge in [-0.3, -0.25) is 0 Å². The maximum atomic E-state index is 11.4. The predicted octanol–water partition coefficient (Wildman–Crippen LogP) is 3.91. The zero-order chi connectivity index (χ0) is 25.6. The fourth-order valence-corrected chi connectivity index (χ4v) is 5.31. The number of esters is 1. The van der Waals surface area contributed by atoms with Crippen molar-refractivity contribution >= 4 is 44.6 Å². The number of fused-ring (bicyclic) bond motifs is 1. The molecule has 1 aromatic carbocycles. The number of nitrogens with two attached hydrogens (primary N) is 1. The topological polar surface area (TPSA) is 127 Å². The first-order valence-corrected chi connectivity index (χ1v) is 12.7. The summed E-state index contributed by atoms with van der Waals surface area (Å²) in [6.45, 7) is 1.40. The highest BCUT2D eigenvalue weighted by Crippen LogP contribution is 2.36. The first-order chi connectivity index (χ1) is 17.9. The first kappa shape index (κ1) is 23.5. The van der Waals surface area contributed by atoms with Crippen LogP contribution in [0.4, 0.5) is 11.6 Å². The van der Waals surface area contributed by atoms with Gasteiger partial charge in [-0.25, -0.2) is 24.7 Å². The van der Waals surface area contributed by atoms with E-state index in [2.05, 4.69) is 30.8 Å². The molecule has 0 amide bonds. The lowest BCUT2D eigenvalue weighted by Gasteiger charge is -2.39. The molecule has 10 heteroatoms. The summed E-state index contributed by atoms with van der Waals surface area (Å²) in [6.07, 6.45) is 5.64. The van der Waals surface area contributed by atoms with Gasteiger partial charge >= 0.3 is 5.97 Å². The Morgan fingerprint density at radius 3 is 2.59 bits per heavy atom. The van der Waals surface area contributed by atoms with Crippen LogP contribution in [-0.4, -0.2) is 56.3 Å². The number of carbonyl (C=O) groups is 1.